The zero-order valence-corrected chi connectivity index (χ0v) is 11.6. The Labute approximate surface area is 117 Å². The van der Waals surface area contributed by atoms with E-state index in [0.717, 1.165) is 31.0 Å². The zero-order chi connectivity index (χ0) is 14.7. The van der Waals surface area contributed by atoms with E-state index in [-0.39, 0.29) is 18.0 Å². The molecule has 1 amide bonds. The summed E-state index contributed by atoms with van der Waals surface area (Å²) < 4.78 is 26.8. The SMILES string of the molecule is CCCC1CC(=O)N(CC(N)c2cc(F)ccc2F)C1. The summed E-state index contributed by atoms with van der Waals surface area (Å²) >= 11 is 0. The second kappa shape index (κ2) is 6.31. The number of carbonyl (C=O) groups is 1. The van der Waals surface area contributed by atoms with Crippen molar-refractivity contribution in [3.63, 3.8) is 0 Å². The molecule has 0 aliphatic carbocycles. The van der Waals surface area contributed by atoms with E-state index in [9.17, 15) is 13.6 Å². The van der Waals surface area contributed by atoms with Gasteiger partial charge in [0.15, 0.2) is 0 Å². The molecule has 2 N–H and O–H groups in total. The average molecular weight is 282 g/mol. The Morgan fingerprint density at radius 1 is 1.45 bits per heavy atom. The Morgan fingerprint density at radius 3 is 2.90 bits per heavy atom. The molecule has 0 radical (unpaired) electrons. The van der Waals surface area contributed by atoms with E-state index in [4.69, 9.17) is 5.73 Å². The number of benzene rings is 1. The molecule has 0 spiro atoms. The van der Waals surface area contributed by atoms with Gasteiger partial charge in [-0.25, -0.2) is 8.78 Å². The maximum Gasteiger partial charge on any atom is 0.222 e. The zero-order valence-electron chi connectivity index (χ0n) is 11.6. The Bertz CT molecular complexity index is 493. The molecule has 0 bridgehead atoms. The highest BCUT2D eigenvalue weighted by atomic mass is 19.1. The first-order valence-corrected chi connectivity index (χ1v) is 6.99. The topological polar surface area (TPSA) is 46.3 Å². The number of nitrogens with two attached hydrogens (primary N) is 1. The number of amides is 1. The first-order valence-electron chi connectivity index (χ1n) is 6.99. The lowest BCUT2D eigenvalue weighted by Gasteiger charge is -2.22. The van der Waals surface area contributed by atoms with Gasteiger partial charge in [-0.1, -0.05) is 13.3 Å². The van der Waals surface area contributed by atoms with Gasteiger partial charge in [0.1, 0.15) is 11.6 Å². The van der Waals surface area contributed by atoms with Crippen LogP contribution in [0, 0.1) is 17.6 Å². The van der Waals surface area contributed by atoms with Gasteiger partial charge in [0.25, 0.3) is 0 Å². The summed E-state index contributed by atoms with van der Waals surface area (Å²) in [5.74, 6) is -0.642. The fraction of sp³-hybridized carbons (Fsp3) is 0.533. The number of rotatable bonds is 5. The van der Waals surface area contributed by atoms with Gasteiger partial charge in [-0.3, -0.25) is 4.79 Å². The van der Waals surface area contributed by atoms with Crippen LogP contribution >= 0.6 is 0 Å². The molecule has 20 heavy (non-hydrogen) atoms. The summed E-state index contributed by atoms with van der Waals surface area (Å²) in [6.45, 7) is 2.98. The van der Waals surface area contributed by atoms with Gasteiger partial charge in [-0.05, 0) is 30.5 Å². The summed E-state index contributed by atoms with van der Waals surface area (Å²) in [5.41, 5.74) is 6.05. The fourth-order valence-corrected chi connectivity index (χ4v) is 2.77. The van der Waals surface area contributed by atoms with Crippen molar-refractivity contribution in [2.45, 2.75) is 32.2 Å². The van der Waals surface area contributed by atoms with Gasteiger partial charge >= 0.3 is 0 Å². The van der Waals surface area contributed by atoms with Crippen molar-refractivity contribution in [3.05, 3.63) is 35.4 Å². The lowest BCUT2D eigenvalue weighted by molar-refractivity contribution is -0.127. The lowest BCUT2D eigenvalue weighted by Crippen LogP contribution is -2.33. The molecule has 5 heteroatoms. The molecule has 1 aromatic carbocycles. The van der Waals surface area contributed by atoms with Crippen LogP contribution in [0.2, 0.25) is 0 Å². The maximum absolute atomic E-state index is 13.6. The van der Waals surface area contributed by atoms with Gasteiger partial charge in [0.05, 0.1) is 6.04 Å². The van der Waals surface area contributed by atoms with Crippen molar-refractivity contribution < 1.29 is 13.6 Å². The summed E-state index contributed by atoms with van der Waals surface area (Å²) in [4.78, 5) is 13.5. The van der Waals surface area contributed by atoms with Crippen molar-refractivity contribution in [1.29, 1.82) is 0 Å². The molecule has 0 aromatic heterocycles. The second-order valence-corrected chi connectivity index (χ2v) is 5.43. The van der Waals surface area contributed by atoms with Gasteiger partial charge in [0.2, 0.25) is 5.91 Å². The highest BCUT2D eigenvalue weighted by molar-refractivity contribution is 5.78. The lowest BCUT2D eigenvalue weighted by atomic mass is 10.0. The number of likely N-dealkylation sites (tertiary alicyclic amines) is 1. The Balaban J connectivity index is 2.02. The predicted octanol–water partition coefficient (Wildman–Crippen LogP) is 2.61. The van der Waals surface area contributed by atoms with Crippen molar-refractivity contribution in [3.8, 4) is 0 Å². The van der Waals surface area contributed by atoms with E-state index >= 15 is 0 Å². The minimum atomic E-state index is -0.699. The third kappa shape index (κ3) is 3.33. The van der Waals surface area contributed by atoms with E-state index in [1.807, 2.05) is 0 Å². The molecule has 2 unspecified atom stereocenters. The van der Waals surface area contributed by atoms with Gasteiger partial charge in [0, 0.05) is 25.1 Å². The van der Waals surface area contributed by atoms with E-state index in [0.29, 0.717) is 18.9 Å². The van der Waals surface area contributed by atoms with Crippen LogP contribution in [0.25, 0.3) is 0 Å². The Morgan fingerprint density at radius 2 is 2.20 bits per heavy atom. The van der Waals surface area contributed by atoms with Crippen molar-refractivity contribution >= 4 is 5.91 Å². The standard InChI is InChI=1S/C15H20F2N2O/c1-2-3-10-6-15(20)19(8-10)9-14(18)12-7-11(16)4-5-13(12)17/h4-5,7,10,14H,2-3,6,8-9,18H2,1H3. The number of halogens is 2. The normalized spacial score (nSPS) is 20.5. The predicted molar refractivity (Wildman–Crippen MR) is 72.9 cm³/mol. The number of nitrogens with zero attached hydrogens (tertiary/aromatic N) is 1. The molecular formula is C15H20F2N2O. The van der Waals surface area contributed by atoms with E-state index < -0.39 is 17.7 Å². The maximum atomic E-state index is 13.6. The molecule has 1 heterocycles. The largest absolute Gasteiger partial charge is 0.340 e. The third-order valence-corrected chi connectivity index (χ3v) is 3.77. The molecule has 2 atom stereocenters. The van der Waals surface area contributed by atoms with Crippen LogP contribution in [-0.4, -0.2) is 23.9 Å². The average Bonchev–Trinajstić information content (AvgIpc) is 2.73. The van der Waals surface area contributed by atoms with Crippen LogP contribution in [0.4, 0.5) is 8.78 Å². The van der Waals surface area contributed by atoms with E-state index in [2.05, 4.69) is 6.92 Å². The summed E-state index contributed by atoms with van der Waals surface area (Å²) in [6, 6.07) is 2.53. The molecule has 1 aromatic rings. The highest BCUT2D eigenvalue weighted by Gasteiger charge is 2.30. The van der Waals surface area contributed by atoms with Gasteiger partial charge in [-0.15, -0.1) is 0 Å². The molecule has 1 aliphatic heterocycles. The van der Waals surface area contributed by atoms with Crippen molar-refractivity contribution in [1.82, 2.24) is 4.90 Å². The van der Waals surface area contributed by atoms with Crippen LogP contribution in [0.1, 0.15) is 37.8 Å². The molecule has 0 saturated carbocycles. The second-order valence-electron chi connectivity index (χ2n) is 5.43. The summed E-state index contributed by atoms with van der Waals surface area (Å²) in [6.07, 6.45) is 2.58. The smallest absolute Gasteiger partial charge is 0.222 e. The number of hydrogen-bond donors (Lipinski definition) is 1. The summed E-state index contributed by atoms with van der Waals surface area (Å²) in [7, 11) is 0. The minimum absolute atomic E-state index is 0.0516. The molecule has 3 nitrogen and oxygen atoms in total. The molecule has 1 saturated heterocycles. The number of hydrogen-bond acceptors (Lipinski definition) is 2. The molecule has 110 valence electrons. The minimum Gasteiger partial charge on any atom is -0.340 e. The summed E-state index contributed by atoms with van der Waals surface area (Å²) in [5, 5.41) is 0. The van der Waals surface area contributed by atoms with Crippen molar-refractivity contribution in [2.75, 3.05) is 13.1 Å². The molecule has 1 aliphatic rings. The monoisotopic (exact) mass is 282 g/mol. The van der Waals surface area contributed by atoms with Crippen LogP contribution in [-0.2, 0) is 4.79 Å². The van der Waals surface area contributed by atoms with Crippen LogP contribution in [0.5, 0.6) is 0 Å². The Kier molecular flexibility index (Phi) is 4.70. The van der Waals surface area contributed by atoms with Crippen LogP contribution < -0.4 is 5.73 Å². The molecule has 1 fully saturated rings. The fourth-order valence-electron chi connectivity index (χ4n) is 2.77. The van der Waals surface area contributed by atoms with Gasteiger partial charge < -0.3 is 10.6 Å². The Hall–Kier alpha value is -1.49. The quantitative estimate of drug-likeness (QED) is 0.902. The number of carbonyl (C=O) groups excluding carboxylic acids is 1. The first-order chi connectivity index (χ1) is 9.51. The molecular weight excluding hydrogens is 262 g/mol. The first kappa shape index (κ1) is 14.9. The van der Waals surface area contributed by atoms with Gasteiger partial charge in [-0.2, -0.15) is 0 Å². The van der Waals surface area contributed by atoms with Crippen molar-refractivity contribution in [2.24, 2.45) is 11.7 Å². The third-order valence-electron chi connectivity index (χ3n) is 3.77. The van der Waals surface area contributed by atoms with Crippen LogP contribution in [0.3, 0.4) is 0 Å². The van der Waals surface area contributed by atoms with E-state index in [1.165, 1.54) is 0 Å². The van der Waals surface area contributed by atoms with E-state index in [1.54, 1.807) is 4.90 Å². The van der Waals surface area contributed by atoms with Crippen LogP contribution in [0.15, 0.2) is 18.2 Å². The molecule has 2 rings (SSSR count). The highest BCUT2D eigenvalue weighted by Crippen LogP contribution is 2.25.